The number of aromatic nitrogens is 2. The highest BCUT2D eigenvalue weighted by Crippen LogP contribution is 2.26. The zero-order valence-electron chi connectivity index (χ0n) is 11.5. The fraction of sp³-hybridized carbons (Fsp3) is 0.125. The lowest BCUT2D eigenvalue weighted by Gasteiger charge is -2.19. The van der Waals surface area contributed by atoms with Gasteiger partial charge in [0, 0.05) is 12.4 Å². The van der Waals surface area contributed by atoms with Crippen LogP contribution in [0.1, 0.15) is 22.7 Å². The molecular weight excluding hydrogens is 267 g/mol. The van der Waals surface area contributed by atoms with Crippen molar-refractivity contribution in [3.63, 3.8) is 0 Å². The van der Waals surface area contributed by atoms with Crippen LogP contribution in [-0.2, 0) is 0 Å². The zero-order chi connectivity index (χ0) is 14.8. The average Bonchev–Trinajstić information content (AvgIpc) is 2.51. The smallest absolute Gasteiger partial charge is 0.123 e. The molecule has 0 aliphatic carbocycles. The maximum absolute atomic E-state index is 13.5. The number of hydrazine groups is 1. The first-order valence-corrected chi connectivity index (χ1v) is 6.62. The number of halogens is 1. The van der Waals surface area contributed by atoms with E-state index in [1.54, 1.807) is 18.5 Å². The van der Waals surface area contributed by atoms with Crippen LogP contribution in [0.2, 0.25) is 0 Å². The fourth-order valence-corrected chi connectivity index (χ4v) is 2.45. The Hall–Kier alpha value is -2.37. The number of hydrogen-bond acceptors (Lipinski definition) is 4. The minimum atomic E-state index is -0.299. The van der Waals surface area contributed by atoms with Crippen molar-refractivity contribution in [3.8, 4) is 0 Å². The first-order valence-electron chi connectivity index (χ1n) is 6.62. The van der Waals surface area contributed by atoms with E-state index in [0.717, 1.165) is 27.7 Å². The molecule has 3 N–H and O–H groups in total. The van der Waals surface area contributed by atoms with Crippen molar-refractivity contribution >= 4 is 11.0 Å². The van der Waals surface area contributed by atoms with Gasteiger partial charge in [0.2, 0.25) is 0 Å². The van der Waals surface area contributed by atoms with Crippen LogP contribution < -0.4 is 11.3 Å². The molecule has 3 aromatic rings. The second kappa shape index (κ2) is 5.55. The van der Waals surface area contributed by atoms with Gasteiger partial charge in [-0.2, -0.15) is 0 Å². The summed E-state index contributed by atoms with van der Waals surface area (Å²) in [5, 5.41) is 0. The zero-order valence-corrected chi connectivity index (χ0v) is 11.5. The summed E-state index contributed by atoms with van der Waals surface area (Å²) in [4.78, 5) is 8.52. The lowest BCUT2D eigenvalue weighted by molar-refractivity contribution is 0.603. The van der Waals surface area contributed by atoms with Crippen LogP contribution in [0.5, 0.6) is 0 Å². The number of fused-ring (bicyclic) bond motifs is 1. The van der Waals surface area contributed by atoms with Gasteiger partial charge in [-0.25, -0.2) is 9.82 Å². The number of aryl methyl sites for hydroxylation is 1. The summed E-state index contributed by atoms with van der Waals surface area (Å²) in [6, 6.07) is 10.1. The largest absolute Gasteiger partial charge is 0.271 e. The SMILES string of the molecule is Cc1ccc(F)cc1C(NN)c1ccc2nccnc2c1. The number of rotatable bonds is 3. The van der Waals surface area contributed by atoms with Gasteiger partial charge < -0.3 is 0 Å². The van der Waals surface area contributed by atoms with Crippen LogP contribution in [0.25, 0.3) is 11.0 Å². The molecule has 3 rings (SSSR count). The van der Waals surface area contributed by atoms with E-state index in [1.807, 2.05) is 25.1 Å². The average molecular weight is 282 g/mol. The lowest BCUT2D eigenvalue weighted by Crippen LogP contribution is -2.29. The topological polar surface area (TPSA) is 63.8 Å². The third kappa shape index (κ3) is 2.61. The van der Waals surface area contributed by atoms with Gasteiger partial charge >= 0.3 is 0 Å². The molecule has 5 heteroatoms. The Morgan fingerprint density at radius 1 is 1.05 bits per heavy atom. The molecule has 0 aliphatic rings. The van der Waals surface area contributed by atoms with Crippen molar-refractivity contribution < 1.29 is 4.39 Å². The van der Waals surface area contributed by atoms with Gasteiger partial charge in [0.05, 0.1) is 17.1 Å². The molecule has 0 aliphatic heterocycles. The van der Waals surface area contributed by atoms with E-state index < -0.39 is 0 Å². The summed E-state index contributed by atoms with van der Waals surface area (Å²) >= 11 is 0. The molecule has 0 saturated carbocycles. The Bertz CT molecular complexity index is 788. The standard InChI is InChI=1S/C16H15FN4/c1-10-2-4-12(17)9-13(10)16(21-18)11-3-5-14-15(8-11)20-7-6-19-14/h2-9,16,21H,18H2,1H3. The predicted molar refractivity (Wildman–Crippen MR) is 79.8 cm³/mol. The second-order valence-electron chi connectivity index (χ2n) is 4.91. The molecule has 4 nitrogen and oxygen atoms in total. The third-order valence-electron chi connectivity index (χ3n) is 3.55. The van der Waals surface area contributed by atoms with Gasteiger partial charge in [0.15, 0.2) is 0 Å². The Kier molecular flexibility index (Phi) is 3.60. The highest BCUT2D eigenvalue weighted by molar-refractivity contribution is 5.74. The van der Waals surface area contributed by atoms with E-state index in [4.69, 9.17) is 5.84 Å². The Labute approximate surface area is 121 Å². The van der Waals surface area contributed by atoms with Crippen molar-refractivity contribution in [2.24, 2.45) is 5.84 Å². The molecule has 0 amide bonds. The molecule has 1 atom stereocenters. The maximum atomic E-state index is 13.5. The van der Waals surface area contributed by atoms with Crippen LogP contribution >= 0.6 is 0 Å². The fourth-order valence-electron chi connectivity index (χ4n) is 2.45. The van der Waals surface area contributed by atoms with Crippen molar-refractivity contribution in [2.45, 2.75) is 13.0 Å². The van der Waals surface area contributed by atoms with E-state index >= 15 is 0 Å². The molecule has 1 heterocycles. The number of nitrogens with zero attached hydrogens (tertiary/aromatic N) is 2. The minimum absolute atomic E-state index is 0.281. The number of nitrogens with one attached hydrogen (secondary N) is 1. The molecule has 0 fully saturated rings. The molecule has 0 bridgehead atoms. The Morgan fingerprint density at radius 3 is 2.57 bits per heavy atom. The monoisotopic (exact) mass is 282 g/mol. The van der Waals surface area contributed by atoms with Crippen molar-refractivity contribution in [3.05, 3.63) is 71.3 Å². The van der Waals surface area contributed by atoms with E-state index in [-0.39, 0.29) is 11.9 Å². The van der Waals surface area contributed by atoms with E-state index in [2.05, 4.69) is 15.4 Å². The number of nitrogens with two attached hydrogens (primary N) is 1. The van der Waals surface area contributed by atoms with Crippen molar-refractivity contribution in [1.29, 1.82) is 0 Å². The van der Waals surface area contributed by atoms with Gasteiger partial charge in [0.25, 0.3) is 0 Å². The number of hydrogen-bond donors (Lipinski definition) is 2. The van der Waals surface area contributed by atoms with Crippen molar-refractivity contribution in [2.75, 3.05) is 0 Å². The van der Waals surface area contributed by atoms with Crippen molar-refractivity contribution in [1.82, 2.24) is 15.4 Å². The molecule has 0 radical (unpaired) electrons. The summed E-state index contributed by atoms with van der Waals surface area (Å²) in [7, 11) is 0. The summed E-state index contributed by atoms with van der Waals surface area (Å²) in [5.74, 6) is 5.41. The summed E-state index contributed by atoms with van der Waals surface area (Å²) < 4.78 is 13.5. The molecule has 106 valence electrons. The van der Waals surface area contributed by atoms with E-state index in [1.165, 1.54) is 12.1 Å². The van der Waals surface area contributed by atoms with Gasteiger partial charge in [0.1, 0.15) is 5.82 Å². The second-order valence-corrected chi connectivity index (χ2v) is 4.91. The normalized spacial score (nSPS) is 12.5. The Morgan fingerprint density at radius 2 is 1.81 bits per heavy atom. The summed E-state index contributed by atoms with van der Waals surface area (Å²) in [6.07, 6.45) is 3.29. The molecule has 21 heavy (non-hydrogen) atoms. The molecule has 0 saturated heterocycles. The van der Waals surface area contributed by atoms with E-state index in [0.29, 0.717) is 0 Å². The maximum Gasteiger partial charge on any atom is 0.123 e. The van der Waals surface area contributed by atoms with Crippen LogP contribution in [0.4, 0.5) is 4.39 Å². The Balaban J connectivity index is 2.11. The van der Waals surface area contributed by atoms with E-state index in [9.17, 15) is 4.39 Å². The van der Waals surface area contributed by atoms with Crippen LogP contribution in [-0.4, -0.2) is 9.97 Å². The van der Waals surface area contributed by atoms with Crippen LogP contribution in [0, 0.1) is 12.7 Å². The molecule has 0 spiro atoms. The molecule has 1 unspecified atom stereocenters. The lowest BCUT2D eigenvalue weighted by atomic mass is 9.95. The predicted octanol–water partition coefficient (Wildman–Crippen LogP) is 2.63. The first kappa shape index (κ1) is 13.6. The third-order valence-corrected chi connectivity index (χ3v) is 3.55. The summed E-state index contributed by atoms with van der Waals surface area (Å²) in [5.41, 5.74) is 7.04. The molecular formula is C16H15FN4. The first-order chi connectivity index (χ1) is 10.2. The summed E-state index contributed by atoms with van der Waals surface area (Å²) in [6.45, 7) is 1.93. The van der Waals surface area contributed by atoms with Gasteiger partial charge in [-0.15, -0.1) is 0 Å². The molecule has 2 aromatic carbocycles. The number of benzene rings is 2. The van der Waals surface area contributed by atoms with Gasteiger partial charge in [-0.05, 0) is 47.9 Å². The van der Waals surface area contributed by atoms with Crippen LogP contribution in [0.15, 0.2) is 48.8 Å². The highest BCUT2D eigenvalue weighted by Gasteiger charge is 2.16. The quantitative estimate of drug-likeness (QED) is 0.572. The molecule has 1 aromatic heterocycles. The van der Waals surface area contributed by atoms with Crippen LogP contribution in [0.3, 0.4) is 0 Å². The van der Waals surface area contributed by atoms with Gasteiger partial charge in [-0.3, -0.25) is 15.8 Å². The minimum Gasteiger partial charge on any atom is -0.271 e. The highest BCUT2D eigenvalue weighted by atomic mass is 19.1. The van der Waals surface area contributed by atoms with Gasteiger partial charge in [-0.1, -0.05) is 12.1 Å².